The summed E-state index contributed by atoms with van der Waals surface area (Å²) in [5.74, 6) is -2.54. The van der Waals surface area contributed by atoms with Crippen LogP contribution in [0.2, 0.25) is 0 Å². The minimum atomic E-state index is -4.23. The van der Waals surface area contributed by atoms with Crippen molar-refractivity contribution in [1.29, 1.82) is 0 Å². The molecule has 0 aliphatic carbocycles. The van der Waals surface area contributed by atoms with Gasteiger partial charge in [-0.15, -0.1) is 4.41 Å². The molecule has 0 spiro atoms. The van der Waals surface area contributed by atoms with Crippen molar-refractivity contribution < 1.29 is 31.9 Å². The van der Waals surface area contributed by atoms with Crippen LogP contribution in [0.15, 0.2) is 53.4 Å². The Morgan fingerprint density at radius 2 is 1.71 bits per heavy atom. The Bertz CT molecular complexity index is 1060. The van der Waals surface area contributed by atoms with Gasteiger partial charge in [0, 0.05) is 19.5 Å². The summed E-state index contributed by atoms with van der Waals surface area (Å²) in [5.41, 5.74) is 0.483. The number of nitrogens with one attached hydrogen (secondary N) is 1. The van der Waals surface area contributed by atoms with Crippen molar-refractivity contribution in [3.63, 3.8) is 0 Å². The van der Waals surface area contributed by atoms with E-state index in [2.05, 4.69) is 5.32 Å². The summed E-state index contributed by atoms with van der Waals surface area (Å²) in [6.07, 6.45) is 0.875. The van der Waals surface area contributed by atoms with Gasteiger partial charge in [-0.2, -0.15) is 0 Å². The number of carboxylic acids is 1. The Kier molecular flexibility index (Phi) is 6.86. The summed E-state index contributed by atoms with van der Waals surface area (Å²) >= 11 is 0. The van der Waals surface area contributed by atoms with Gasteiger partial charge in [0.05, 0.1) is 4.90 Å². The summed E-state index contributed by atoms with van der Waals surface area (Å²) in [6, 6.07) is 7.31. The maximum Gasteiger partial charge on any atom is 0.333 e. The van der Waals surface area contributed by atoms with E-state index in [1.54, 1.807) is 0 Å². The zero-order valence-corrected chi connectivity index (χ0v) is 17.2. The second kappa shape index (κ2) is 9.40. The number of benzene rings is 2. The van der Waals surface area contributed by atoms with Gasteiger partial charge in [0.15, 0.2) is 0 Å². The number of carbonyl (C=O) groups excluding carboxylic acids is 1. The molecule has 3 rings (SSSR count). The van der Waals surface area contributed by atoms with Crippen molar-refractivity contribution in [1.82, 2.24) is 14.7 Å². The average molecular weight is 453 g/mol. The molecule has 0 radical (unpaired) electrons. The highest BCUT2D eigenvalue weighted by molar-refractivity contribution is 7.89. The second-order valence-corrected chi connectivity index (χ2v) is 8.85. The molecule has 0 aromatic heterocycles. The monoisotopic (exact) mass is 453 g/mol. The van der Waals surface area contributed by atoms with Gasteiger partial charge in [-0.05, 0) is 48.7 Å². The molecule has 1 heterocycles. The first-order valence-electron chi connectivity index (χ1n) is 9.52. The number of nitrogens with zero attached hydrogens (tertiary/aromatic N) is 2. The van der Waals surface area contributed by atoms with Crippen molar-refractivity contribution in [3.8, 4) is 0 Å². The SMILES string of the molecule is O=C(O)[C@H](Cc1ccc(F)cc1)NC(=O)N1CCCCN1S(=O)(=O)c1cccc(F)c1. The van der Waals surface area contributed by atoms with Gasteiger partial charge in [-0.3, -0.25) is 0 Å². The van der Waals surface area contributed by atoms with Crippen LogP contribution in [-0.4, -0.2) is 54.1 Å². The fourth-order valence-corrected chi connectivity index (χ4v) is 4.76. The largest absolute Gasteiger partial charge is 0.480 e. The second-order valence-electron chi connectivity index (χ2n) is 7.01. The predicted octanol–water partition coefficient (Wildman–Crippen LogP) is 2.37. The Hall–Kier alpha value is -3.05. The molecule has 1 fully saturated rings. The predicted molar refractivity (Wildman–Crippen MR) is 106 cm³/mol. The van der Waals surface area contributed by atoms with Crippen LogP contribution in [0, 0.1) is 11.6 Å². The molecule has 2 N–H and O–H groups in total. The minimum Gasteiger partial charge on any atom is -0.480 e. The Morgan fingerprint density at radius 3 is 2.35 bits per heavy atom. The molecule has 2 aromatic carbocycles. The Morgan fingerprint density at radius 1 is 1.03 bits per heavy atom. The molecule has 31 heavy (non-hydrogen) atoms. The molecule has 166 valence electrons. The molecule has 1 saturated heterocycles. The number of hydrogen-bond acceptors (Lipinski definition) is 4. The van der Waals surface area contributed by atoms with Crippen molar-refractivity contribution in [2.75, 3.05) is 13.1 Å². The van der Waals surface area contributed by atoms with Crippen LogP contribution in [0.3, 0.4) is 0 Å². The highest BCUT2D eigenvalue weighted by Crippen LogP contribution is 2.23. The third kappa shape index (κ3) is 5.36. The molecule has 0 unspecified atom stereocenters. The van der Waals surface area contributed by atoms with E-state index in [-0.39, 0.29) is 24.4 Å². The van der Waals surface area contributed by atoms with Crippen LogP contribution < -0.4 is 5.32 Å². The number of aliphatic carboxylic acids is 1. The number of carboxylic acid groups (broad SMARTS) is 1. The van der Waals surface area contributed by atoms with Crippen LogP contribution >= 0.6 is 0 Å². The van der Waals surface area contributed by atoms with E-state index in [1.807, 2.05) is 0 Å². The van der Waals surface area contributed by atoms with Crippen molar-refractivity contribution in [2.24, 2.45) is 0 Å². The number of hydrogen-bond donors (Lipinski definition) is 2. The van der Waals surface area contributed by atoms with E-state index in [0.717, 1.165) is 21.6 Å². The lowest BCUT2D eigenvalue weighted by Gasteiger charge is -2.37. The average Bonchev–Trinajstić information content (AvgIpc) is 2.74. The summed E-state index contributed by atoms with van der Waals surface area (Å²) in [6.45, 7) is 0.0330. The van der Waals surface area contributed by atoms with E-state index in [9.17, 15) is 31.9 Å². The lowest BCUT2D eigenvalue weighted by Crippen LogP contribution is -2.58. The molecule has 11 heteroatoms. The molecule has 1 aliphatic rings. The number of halogens is 2. The quantitative estimate of drug-likeness (QED) is 0.699. The zero-order chi connectivity index (χ0) is 22.6. The molecule has 8 nitrogen and oxygen atoms in total. The smallest absolute Gasteiger partial charge is 0.333 e. The summed E-state index contributed by atoms with van der Waals surface area (Å²) in [7, 11) is -4.23. The standard InChI is InChI=1S/C20H21F2N3O5S/c21-15-8-6-14(7-9-15)12-18(19(26)27)23-20(28)24-10-1-2-11-25(24)31(29,30)17-5-3-4-16(22)13-17/h3-9,13,18H,1-2,10-12H2,(H,23,28)(H,26,27)/t18-/m0/s1. The fourth-order valence-electron chi connectivity index (χ4n) is 3.22. The highest BCUT2D eigenvalue weighted by Gasteiger charge is 2.36. The van der Waals surface area contributed by atoms with Gasteiger partial charge in [0.1, 0.15) is 17.7 Å². The summed E-state index contributed by atoms with van der Waals surface area (Å²) in [5, 5.41) is 12.7. The summed E-state index contributed by atoms with van der Waals surface area (Å²) in [4.78, 5) is 24.2. The summed E-state index contributed by atoms with van der Waals surface area (Å²) < 4.78 is 53.4. The van der Waals surface area contributed by atoms with Crippen LogP contribution in [0.1, 0.15) is 18.4 Å². The lowest BCUT2D eigenvalue weighted by atomic mass is 10.1. The first-order valence-corrected chi connectivity index (χ1v) is 11.0. The minimum absolute atomic E-state index is 0.0119. The van der Waals surface area contributed by atoms with Crippen LogP contribution in [-0.2, 0) is 21.2 Å². The maximum absolute atomic E-state index is 13.5. The van der Waals surface area contributed by atoms with Gasteiger partial charge in [-0.25, -0.2) is 31.8 Å². The van der Waals surface area contributed by atoms with Crippen molar-refractivity contribution >= 4 is 22.0 Å². The molecule has 1 aliphatic heterocycles. The molecular formula is C20H21F2N3O5S. The first-order chi connectivity index (χ1) is 14.7. The third-order valence-corrected chi connectivity index (χ3v) is 6.58. The van der Waals surface area contributed by atoms with Gasteiger partial charge >= 0.3 is 12.0 Å². The van der Waals surface area contributed by atoms with Crippen molar-refractivity contribution in [3.05, 3.63) is 65.7 Å². The van der Waals surface area contributed by atoms with Gasteiger partial charge < -0.3 is 10.4 Å². The lowest BCUT2D eigenvalue weighted by molar-refractivity contribution is -0.139. The molecular weight excluding hydrogens is 432 g/mol. The zero-order valence-electron chi connectivity index (χ0n) is 16.4. The Balaban J connectivity index is 1.80. The molecule has 0 bridgehead atoms. The van der Waals surface area contributed by atoms with Gasteiger partial charge in [-0.1, -0.05) is 18.2 Å². The van der Waals surface area contributed by atoms with E-state index in [4.69, 9.17) is 0 Å². The normalized spacial score (nSPS) is 16.0. The van der Waals surface area contributed by atoms with E-state index in [0.29, 0.717) is 18.4 Å². The highest BCUT2D eigenvalue weighted by atomic mass is 32.2. The molecule has 2 aromatic rings. The number of hydrazine groups is 1. The van der Waals surface area contributed by atoms with Gasteiger partial charge in [0.25, 0.3) is 10.0 Å². The van der Waals surface area contributed by atoms with Crippen LogP contribution in [0.4, 0.5) is 13.6 Å². The first kappa shape index (κ1) is 22.6. The number of carbonyl (C=O) groups is 2. The van der Waals surface area contributed by atoms with Crippen LogP contribution in [0.25, 0.3) is 0 Å². The van der Waals surface area contributed by atoms with Crippen molar-refractivity contribution in [2.45, 2.75) is 30.2 Å². The third-order valence-electron chi connectivity index (χ3n) is 4.79. The number of rotatable bonds is 6. The fraction of sp³-hybridized carbons (Fsp3) is 0.300. The van der Waals surface area contributed by atoms with E-state index < -0.39 is 39.7 Å². The van der Waals surface area contributed by atoms with E-state index >= 15 is 0 Å². The number of urea groups is 1. The molecule has 0 saturated carbocycles. The topological polar surface area (TPSA) is 107 Å². The van der Waals surface area contributed by atoms with Gasteiger partial charge in [0.2, 0.25) is 0 Å². The molecule has 1 atom stereocenters. The number of sulfonamides is 1. The number of amides is 2. The maximum atomic E-state index is 13.5. The molecule has 2 amide bonds. The van der Waals surface area contributed by atoms with Crippen LogP contribution in [0.5, 0.6) is 0 Å². The van der Waals surface area contributed by atoms with E-state index in [1.165, 1.54) is 36.4 Å². The Labute approximate surface area is 178 Å².